The fourth-order valence-electron chi connectivity index (χ4n) is 5.52. The van der Waals surface area contributed by atoms with Crippen LogP contribution in [0.2, 0.25) is 0 Å². The lowest BCUT2D eigenvalue weighted by molar-refractivity contribution is -0.387. The minimum Gasteiger partial charge on any atom is -0.377 e. The van der Waals surface area contributed by atoms with E-state index in [0.717, 1.165) is 30.4 Å². The molecule has 3 aromatic rings. The number of hydrogen-bond donors (Lipinski definition) is 1. The molecular formula is C29H31N3O6S. The smallest absolute Gasteiger partial charge is 0.289 e. The number of para-hydroxylation sites is 1. The van der Waals surface area contributed by atoms with E-state index in [2.05, 4.69) is 0 Å². The Labute approximate surface area is 227 Å². The van der Waals surface area contributed by atoms with E-state index in [-0.39, 0.29) is 42.8 Å². The fraction of sp³-hybridized carbons (Fsp3) is 0.345. The van der Waals surface area contributed by atoms with Crippen molar-refractivity contribution in [1.29, 1.82) is 0 Å². The number of hydrogen-bond acceptors (Lipinski definition) is 7. The molecule has 1 saturated carbocycles. The van der Waals surface area contributed by atoms with Gasteiger partial charge >= 0.3 is 0 Å². The van der Waals surface area contributed by atoms with E-state index in [4.69, 9.17) is 0 Å². The number of carbonyl (C=O) groups excluding carboxylic acids is 1. The summed E-state index contributed by atoms with van der Waals surface area (Å²) in [5.74, 6) is -0.409. The minimum absolute atomic E-state index is 0.000576. The number of nitrogens with zero attached hydrogens (tertiary/aromatic N) is 3. The molecule has 0 spiro atoms. The Morgan fingerprint density at radius 3 is 2.33 bits per heavy atom. The van der Waals surface area contributed by atoms with E-state index in [0.29, 0.717) is 12.1 Å². The van der Waals surface area contributed by atoms with Crippen LogP contribution in [0.5, 0.6) is 0 Å². The average Bonchev–Trinajstić information content (AvgIpc) is 3.00. The number of nitro benzene ring substituents is 1. The molecular weight excluding hydrogens is 518 g/mol. The van der Waals surface area contributed by atoms with Crippen molar-refractivity contribution in [2.75, 3.05) is 19.6 Å². The predicted molar refractivity (Wildman–Crippen MR) is 145 cm³/mol. The number of carbonyl (C=O) groups is 1. The molecule has 1 heterocycles. The van der Waals surface area contributed by atoms with Gasteiger partial charge in [-0.15, -0.1) is 0 Å². The zero-order valence-electron chi connectivity index (χ0n) is 21.5. The molecule has 0 saturated heterocycles. The molecule has 1 aliphatic carbocycles. The topological polar surface area (TPSA) is 121 Å². The summed E-state index contributed by atoms with van der Waals surface area (Å²) in [7, 11) is -4.26. The standard InChI is InChI=1S/C29H31N3O6S/c33-28-21-30(20-23-11-4-5-14-25(23)29(28,34)24-12-8-13-24)17-18-31(19-22-9-2-1-3-10-22)39(37,38)27-16-7-6-15-26(27)32(35)36/h1-7,9-11,14-16,24,34H,8,12-13,17-21H2/t29-/m1/s1. The number of fused-ring (bicyclic) bond motifs is 1. The molecule has 0 unspecified atom stereocenters. The molecule has 0 radical (unpaired) electrons. The van der Waals surface area contributed by atoms with E-state index in [1.54, 1.807) is 24.3 Å². The van der Waals surface area contributed by atoms with Crippen LogP contribution in [0.1, 0.15) is 36.0 Å². The first-order valence-electron chi connectivity index (χ1n) is 13.0. The summed E-state index contributed by atoms with van der Waals surface area (Å²) < 4.78 is 28.8. The molecule has 39 heavy (non-hydrogen) atoms. The van der Waals surface area contributed by atoms with Gasteiger partial charge in [0.25, 0.3) is 5.69 Å². The van der Waals surface area contributed by atoms with Gasteiger partial charge in [0.1, 0.15) is 0 Å². The van der Waals surface area contributed by atoms with Crippen LogP contribution in [0.3, 0.4) is 0 Å². The van der Waals surface area contributed by atoms with E-state index < -0.39 is 26.2 Å². The number of sulfonamides is 1. The quantitative estimate of drug-likeness (QED) is 0.318. The summed E-state index contributed by atoms with van der Waals surface area (Å²) in [6.45, 7) is 0.571. The Morgan fingerprint density at radius 1 is 0.974 bits per heavy atom. The van der Waals surface area contributed by atoms with Crippen LogP contribution in [0.25, 0.3) is 0 Å². The predicted octanol–water partition coefficient (Wildman–Crippen LogP) is 3.86. The Balaban J connectivity index is 1.44. The summed E-state index contributed by atoms with van der Waals surface area (Å²) in [6, 6.07) is 21.8. The molecule has 1 fully saturated rings. The van der Waals surface area contributed by atoms with Crippen LogP contribution in [0.15, 0.2) is 83.8 Å². The Hall–Kier alpha value is -3.44. The highest BCUT2D eigenvalue weighted by Gasteiger charge is 2.50. The van der Waals surface area contributed by atoms with Gasteiger partial charge < -0.3 is 5.11 Å². The second-order valence-electron chi connectivity index (χ2n) is 10.2. The number of rotatable bonds is 9. The van der Waals surface area contributed by atoms with Crippen LogP contribution in [-0.4, -0.2) is 53.1 Å². The van der Waals surface area contributed by atoms with Gasteiger partial charge in [-0.25, -0.2) is 8.42 Å². The summed E-state index contributed by atoms with van der Waals surface area (Å²) in [4.78, 5) is 25.9. The number of Topliss-reactive ketones (excluding diaryl/α,β-unsaturated/α-hetero) is 1. The van der Waals surface area contributed by atoms with Crippen molar-refractivity contribution in [2.24, 2.45) is 5.92 Å². The normalized spacial score (nSPS) is 20.3. The lowest BCUT2D eigenvalue weighted by Gasteiger charge is -2.40. The van der Waals surface area contributed by atoms with Gasteiger partial charge in [0.2, 0.25) is 10.0 Å². The van der Waals surface area contributed by atoms with Crippen molar-refractivity contribution in [1.82, 2.24) is 9.21 Å². The monoisotopic (exact) mass is 549 g/mol. The Morgan fingerprint density at radius 2 is 1.64 bits per heavy atom. The molecule has 3 aromatic carbocycles. The molecule has 1 N–H and O–H groups in total. The first kappa shape index (κ1) is 27.1. The SMILES string of the molecule is O=C1CN(CCN(Cc2ccccc2)S(=O)(=O)c2ccccc2[N+](=O)[O-])Cc2ccccc2[C@]1(O)C1CCC1. The summed E-state index contributed by atoms with van der Waals surface area (Å²) in [5.41, 5.74) is 0.172. The maximum absolute atomic E-state index is 13.8. The van der Waals surface area contributed by atoms with Crippen LogP contribution >= 0.6 is 0 Å². The van der Waals surface area contributed by atoms with E-state index in [1.165, 1.54) is 28.6 Å². The van der Waals surface area contributed by atoms with E-state index in [1.807, 2.05) is 35.2 Å². The molecule has 0 amide bonds. The van der Waals surface area contributed by atoms with Crippen LogP contribution in [0, 0.1) is 16.0 Å². The maximum atomic E-state index is 13.8. The van der Waals surface area contributed by atoms with Gasteiger partial charge in [-0.3, -0.25) is 19.8 Å². The Bertz CT molecular complexity index is 1480. The zero-order chi connectivity index (χ0) is 27.6. The van der Waals surface area contributed by atoms with Gasteiger partial charge in [0.15, 0.2) is 16.3 Å². The highest BCUT2D eigenvalue weighted by Crippen LogP contribution is 2.45. The lowest BCUT2D eigenvalue weighted by atomic mass is 9.67. The molecule has 0 bridgehead atoms. The molecule has 5 rings (SSSR count). The van der Waals surface area contributed by atoms with Crippen molar-refractivity contribution in [3.05, 3.63) is 106 Å². The fourth-order valence-corrected chi connectivity index (χ4v) is 7.10. The molecule has 9 nitrogen and oxygen atoms in total. The van der Waals surface area contributed by atoms with Gasteiger partial charge in [-0.05, 0) is 41.5 Å². The van der Waals surface area contributed by atoms with Crippen molar-refractivity contribution in [3.8, 4) is 0 Å². The third-order valence-electron chi connectivity index (χ3n) is 7.86. The number of ketones is 1. The highest BCUT2D eigenvalue weighted by molar-refractivity contribution is 7.89. The minimum atomic E-state index is -4.26. The summed E-state index contributed by atoms with van der Waals surface area (Å²) in [5, 5.41) is 23.3. The van der Waals surface area contributed by atoms with Crippen molar-refractivity contribution < 1.29 is 23.2 Å². The average molecular weight is 550 g/mol. The molecule has 10 heteroatoms. The second-order valence-corrected chi connectivity index (χ2v) is 12.1. The molecule has 2 aliphatic rings. The largest absolute Gasteiger partial charge is 0.377 e. The van der Waals surface area contributed by atoms with Crippen LogP contribution in [-0.2, 0) is 33.5 Å². The van der Waals surface area contributed by atoms with Gasteiger partial charge in [-0.2, -0.15) is 4.31 Å². The third kappa shape index (κ3) is 5.25. The van der Waals surface area contributed by atoms with Gasteiger partial charge in [0.05, 0.1) is 11.5 Å². The molecule has 204 valence electrons. The van der Waals surface area contributed by atoms with Crippen molar-refractivity contribution in [3.63, 3.8) is 0 Å². The van der Waals surface area contributed by atoms with Crippen LogP contribution < -0.4 is 0 Å². The van der Waals surface area contributed by atoms with Crippen molar-refractivity contribution in [2.45, 2.75) is 42.8 Å². The van der Waals surface area contributed by atoms with E-state index in [9.17, 15) is 28.4 Å². The first-order valence-corrected chi connectivity index (χ1v) is 14.5. The Kier molecular flexibility index (Phi) is 7.64. The molecule has 1 aliphatic heterocycles. The summed E-state index contributed by atoms with van der Waals surface area (Å²) >= 11 is 0. The van der Waals surface area contributed by atoms with Gasteiger partial charge in [-0.1, -0.05) is 73.2 Å². The third-order valence-corrected chi connectivity index (χ3v) is 9.75. The number of nitro groups is 1. The number of benzene rings is 3. The van der Waals surface area contributed by atoms with Crippen molar-refractivity contribution >= 4 is 21.5 Å². The second kappa shape index (κ2) is 11.0. The maximum Gasteiger partial charge on any atom is 0.289 e. The summed E-state index contributed by atoms with van der Waals surface area (Å²) in [6.07, 6.45) is 2.55. The van der Waals surface area contributed by atoms with Crippen LogP contribution in [0.4, 0.5) is 5.69 Å². The highest BCUT2D eigenvalue weighted by atomic mass is 32.2. The first-order chi connectivity index (χ1) is 18.7. The zero-order valence-corrected chi connectivity index (χ0v) is 22.3. The van der Waals surface area contributed by atoms with E-state index >= 15 is 0 Å². The molecule has 0 aromatic heterocycles. The van der Waals surface area contributed by atoms with Gasteiger partial charge in [0, 0.05) is 32.2 Å². The lowest BCUT2D eigenvalue weighted by Crippen LogP contribution is -2.49. The number of aliphatic hydroxyl groups is 1. The molecule has 1 atom stereocenters.